The third kappa shape index (κ3) is 24.0. The van der Waals surface area contributed by atoms with Crippen LogP contribution >= 0.6 is 34.8 Å². The summed E-state index contributed by atoms with van der Waals surface area (Å²) in [5.41, 5.74) is 8.40. The van der Waals surface area contributed by atoms with E-state index in [1.165, 1.54) is 75.3 Å². The second-order valence-electron chi connectivity index (χ2n) is 35.8. The summed E-state index contributed by atoms with van der Waals surface area (Å²) in [4.78, 5) is 99.9. The summed E-state index contributed by atoms with van der Waals surface area (Å²) >= 11 is 20.5. The van der Waals surface area contributed by atoms with Gasteiger partial charge in [-0.25, -0.2) is 58.8 Å². The number of aliphatic carboxylic acids is 1. The summed E-state index contributed by atoms with van der Waals surface area (Å²) in [5, 5.41) is 11.9. The first-order chi connectivity index (χ1) is 56.3. The first-order valence-corrected chi connectivity index (χ1v) is 62.3. The fourth-order valence-corrected chi connectivity index (χ4v) is 19.8. The predicted molar refractivity (Wildman–Crippen MR) is 484 cm³/mol. The Morgan fingerprint density at radius 2 is 0.805 bits per heavy atom. The van der Waals surface area contributed by atoms with E-state index in [0.29, 0.717) is 87.3 Å². The second kappa shape index (κ2) is 39.5. The van der Waals surface area contributed by atoms with Gasteiger partial charge in [0.25, 0.3) is 17.7 Å². The number of amides is 5. The molecule has 9 aromatic rings. The summed E-state index contributed by atoms with van der Waals surface area (Å²) in [7, 11) is -10.1. The van der Waals surface area contributed by atoms with Gasteiger partial charge in [-0.15, -0.1) is 0 Å². The van der Waals surface area contributed by atoms with E-state index in [4.69, 9.17) is 68.1 Å². The number of nitrogens with zero attached hydrogens (tertiary/aromatic N) is 8. The Balaban J connectivity index is 0.000000457. The molecule has 12 heterocycles. The number of carbonyl (C=O) groups is 6. The number of sulfonamides is 3. The van der Waals surface area contributed by atoms with Crippen LogP contribution in [0.25, 0.3) is 67.1 Å². The van der Waals surface area contributed by atoms with Crippen LogP contribution in [0.5, 0.6) is 0 Å². The molecule has 3 atom stereocenters. The van der Waals surface area contributed by atoms with Gasteiger partial charge in [-0.1, -0.05) is 135 Å². The summed E-state index contributed by atoms with van der Waals surface area (Å²) in [6.07, 6.45) is 0.666. The molecule has 6 aromatic heterocycles. The van der Waals surface area contributed by atoms with E-state index in [1.807, 2.05) is 104 Å². The van der Waals surface area contributed by atoms with Crippen molar-refractivity contribution in [3.8, 4) is 33.8 Å². The van der Waals surface area contributed by atoms with Crippen molar-refractivity contribution in [1.29, 1.82) is 0 Å². The Morgan fingerprint density at radius 3 is 1.09 bits per heavy atom. The van der Waals surface area contributed by atoms with Crippen LogP contribution in [-0.4, -0.2) is 279 Å². The van der Waals surface area contributed by atoms with Gasteiger partial charge in [0.15, 0.2) is 34.0 Å². The van der Waals surface area contributed by atoms with Gasteiger partial charge in [0.2, 0.25) is 41.9 Å². The number of carboxylic acids is 1. The number of furan rings is 3. The molecule has 0 spiro atoms. The molecule has 123 heavy (non-hydrogen) atoms. The number of carboxylic acid groups (broad SMARTS) is 1. The number of rotatable bonds is 9. The minimum atomic E-state index is -3.40. The molecular formula is C85H117Cl4FK2N12O16S3. The van der Waals surface area contributed by atoms with Crippen LogP contribution < -0.4 is 31.9 Å². The molecule has 28 nitrogen and oxygen atoms in total. The summed E-state index contributed by atoms with van der Waals surface area (Å²) in [6, 6.07) is 28.1. The summed E-state index contributed by atoms with van der Waals surface area (Å²) < 4.78 is 108. The molecule has 6 aliphatic rings. The van der Waals surface area contributed by atoms with Crippen LogP contribution in [0.2, 0.25) is 15.1 Å². The Hall–Kier alpha value is -5.40. The van der Waals surface area contributed by atoms with Gasteiger partial charge in [0.1, 0.15) is 40.5 Å². The van der Waals surface area contributed by atoms with Gasteiger partial charge < -0.3 is 60.6 Å². The number of pyridine rings is 3. The first kappa shape index (κ1) is 101. The molecule has 6 aliphatic heterocycles. The van der Waals surface area contributed by atoms with Crippen LogP contribution in [0.3, 0.4) is 0 Å². The van der Waals surface area contributed by atoms with Gasteiger partial charge in [0, 0.05) is 109 Å². The van der Waals surface area contributed by atoms with Gasteiger partial charge >= 0.3 is 69.1 Å². The minimum absolute atomic E-state index is 0. The van der Waals surface area contributed by atoms with E-state index < -0.39 is 71.1 Å². The van der Waals surface area contributed by atoms with Crippen molar-refractivity contribution in [2.45, 2.75) is 182 Å². The number of hydrogen-bond donors (Lipinski definition) is 5. The molecule has 668 valence electrons. The predicted octanol–water partition coefficient (Wildman–Crippen LogP) is 9.90. The summed E-state index contributed by atoms with van der Waals surface area (Å²) in [6.45, 7) is 34.6. The third-order valence-electron chi connectivity index (χ3n) is 22.0. The Kier molecular flexibility index (Phi) is 32.6. The molecule has 6 N–H and O–H groups in total. The number of nitrogens with one attached hydrogen (secondary N) is 3. The molecule has 6 saturated heterocycles. The fourth-order valence-electron chi connectivity index (χ4n) is 15.5. The molecular weight excluding hydrogens is 1780 g/mol. The van der Waals surface area contributed by atoms with Crippen molar-refractivity contribution in [1.82, 2.24) is 53.6 Å². The number of halogens is 5. The number of aromatic nitrogens is 3. The van der Waals surface area contributed by atoms with Gasteiger partial charge in [-0.05, 0) is 132 Å². The van der Waals surface area contributed by atoms with E-state index in [0.717, 1.165) is 52.3 Å². The standard InChI is InChI=1S/2C28H33ClN4O5S.C24H27ClFN3O2.C4H7NO4S.CH4.ClH.2K.6H2/c2*1-27(2,3)19-14-21(17-6-8-18(29)9-7-17)30-22-15-23(38-24(19)22)26(35)33-12-11-32(16-28(33,4)5)25(34)20-10-13-39(36,37)31-20;1-23(2,3)15-11-18(14-6-7-16(25)17(26)10-14)28-19-12-20(31-21(15)19)22(30)29-9-8-27-13-24(29,4)5;6-4(7)3-1-2-10(8,9)5-3;;;;;;;;;;/h2*6-9,14-15,20,31H,10-13,16H2,1-5H3;6-7,10-12,27H,8-9,13H2,1-5H3;3,5H,1-2H2,(H,6,7);1H4;1H;;;6*1H/t2*20-;;;;;;;;;;;;/m10............/s1. The van der Waals surface area contributed by atoms with Crippen molar-refractivity contribution < 1.29 is 103 Å². The third-order valence-corrected chi connectivity index (χ3v) is 27.0. The maximum absolute atomic E-state index is 14.1. The zero-order valence-corrected chi connectivity index (χ0v) is 83.2. The number of quaternary nitrogens is 1. The summed E-state index contributed by atoms with van der Waals surface area (Å²) in [5.74, 6) is -2.33. The van der Waals surface area contributed by atoms with Crippen molar-refractivity contribution in [3.05, 3.63) is 158 Å². The van der Waals surface area contributed by atoms with Crippen molar-refractivity contribution in [2.75, 3.05) is 76.2 Å². The zero-order chi connectivity index (χ0) is 89.0. The quantitative estimate of drug-likeness (QED) is 0.0839. The Labute approximate surface area is 793 Å². The Morgan fingerprint density at radius 1 is 0.488 bits per heavy atom. The molecule has 6 fully saturated rings. The van der Waals surface area contributed by atoms with Gasteiger partial charge in [-0.2, -0.15) is 0 Å². The number of fused-ring (bicyclic) bond motifs is 3. The van der Waals surface area contributed by atoms with Crippen LogP contribution in [0, 0.1) is 5.82 Å². The number of hydrogen-bond acceptors (Lipinski definition) is 18. The van der Waals surface area contributed by atoms with E-state index >= 15 is 0 Å². The number of benzene rings is 3. The van der Waals surface area contributed by atoms with Gasteiger partial charge in [0.05, 0.1) is 75.6 Å². The molecule has 1 unspecified atom stereocenters. The number of piperazine rings is 3. The number of carbonyl (C=O) groups excluding carboxylic acids is 5. The van der Waals surface area contributed by atoms with Crippen molar-refractivity contribution >= 4 is 197 Å². The van der Waals surface area contributed by atoms with Crippen molar-refractivity contribution in [3.63, 3.8) is 0 Å². The van der Waals surface area contributed by atoms with E-state index in [-0.39, 0.29) is 152 Å². The first-order valence-electron chi connectivity index (χ1n) is 40.2. The fraction of sp³-hybridized carbons (Fsp3) is 0.471. The van der Waals surface area contributed by atoms with Crippen LogP contribution in [0.15, 0.2) is 116 Å². The van der Waals surface area contributed by atoms with E-state index in [1.54, 1.807) is 43.9 Å². The maximum atomic E-state index is 14.1. The van der Waals surface area contributed by atoms with E-state index in [9.17, 15) is 58.4 Å². The van der Waals surface area contributed by atoms with Crippen LogP contribution in [0.4, 0.5) is 4.39 Å². The normalized spacial score (nSPS) is 20.0. The second-order valence-corrected chi connectivity index (χ2v) is 42.7. The number of nitrogens with two attached hydrogens (primary N) is 1. The molecule has 0 aliphatic carbocycles. The molecule has 15 rings (SSSR count). The molecule has 3 aromatic carbocycles. The van der Waals surface area contributed by atoms with Gasteiger partial charge in [-0.3, -0.25) is 28.8 Å². The Bertz CT molecular complexity index is 5660. The van der Waals surface area contributed by atoms with E-state index in [2.05, 4.69) is 90.9 Å². The monoisotopic (exact) mass is 1890 g/mol. The molecule has 0 radical (unpaired) electrons. The molecule has 5 amide bonds. The zero-order valence-electron chi connectivity index (χ0n) is 71.5. The molecule has 0 saturated carbocycles. The van der Waals surface area contributed by atoms with Crippen molar-refractivity contribution in [2.24, 2.45) is 0 Å². The topological polar surface area (TPSA) is 372 Å². The molecule has 38 heteroatoms. The average molecular weight is 1900 g/mol. The SMILES string of the molecule is C.CC(C)(C)c1cc(-c2ccc(Cl)c(F)c2)nc2cc(C(=O)N3CC[NH2+]CC3(C)C)oc12.CC(C)(C)c1cc(-c2ccc(Cl)cc2)nc2cc(C(=O)N3CCN(C(=O)[C@@H]4CCS(=O)(=O)N4)CC3(C)C)oc12.CC(C)(C)c1cc(-c2ccc(Cl)cc2)nc2cc(C(=O)N3CCN(C(=O)[C@H]4CCS(=O)(=O)N4)CC3(C)C)oc12.O=C(O)C1CCS(=O)(=O)N1.[Cl-].[HH].[HH].[HH].[HH].[HH].[HH].[K][K]. The average Bonchev–Trinajstić information content (AvgIpc) is 1.64. The molecule has 0 bridgehead atoms. The van der Waals surface area contributed by atoms with Crippen LogP contribution in [-0.2, 0) is 60.7 Å². The van der Waals surface area contributed by atoms with Crippen LogP contribution in [0.1, 0.15) is 187 Å².